The Kier molecular flexibility index (Phi) is 2.60. The topological polar surface area (TPSA) is 38.9 Å². The lowest BCUT2D eigenvalue weighted by atomic mass is 10.0. The summed E-state index contributed by atoms with van der Waals surface area (Å²) in [5.74, 6) is 0. The van der Waals surface area contributed by atoms with Crippen molar-refractivity contribution in [3.05, 3.63) is 42.1 Å². The molecule has 0 saturated heterocycles. The summed E-state index contributed by atoms with van der Waals surface area (Å²) in [5, 5.41) is 0.688. The molecule has 15 heavy (non-hydrogen) atoms. The Bertz CT molecular complexity index is 466. The minimum absolute atomic E-state index is 0.440. The van der Waals surface area contributed by atoms with Gasteiger partial charge in [0.25, 0.3) is 6.43 Å². The van der Waals surface area contributed by atoms with Crippen molar-refractivity contribution in [1.82, 2.24) is 4.98 Å². The highest BCUT2D eigenvalue weighted by Gasteiger charge is 2.19. The number of hydrogen-bond acceptors (Lipinski definition) is 2. The number of alkyl halides is 2. The van der Waals surface area contributed by atoms with Crippen LogP contribution in [-0.2, 0) is 0 Å². The molecule has 0 amide bonds. The van der Waals surface area contributed by atoms with Crippen molar-refractivity contribution in [3.63, 3.8) is 0 Å². The average molecular weight is 208 g/mol. The van der Waals surface area contributed by atoms with Crippen molar-refractivity contribution in [2.24, 2.45) is 5.73 Å². The number of nitrogens with zero attached hydrogens (tertiary/aromatic N) is 1. The molecule has 1 aromatic heterocycles. The predicted molar refractivity (Wildman–Crippen MR) is 54.7 cm³/mol. The maximum absolute atomic E-state index is 12.5. The first kappa shape index (κ1) is 9.98. The quantitative estimate of drug-likeness (QED) is 0.823. The molecule has 0 aliphatic carbocycles. The van der Waals surface area contributed by atoms with Gasteiger partial charge in [-0.3, -0.25) is 4.98 Å². The molecule has 2 aromatic rings. The first-order valence-corrected chi connectivity index (χ1v) is 4.57. The molecule has 1 heterocycles. The maximum Gasteiger partial charge on any atom is 0.257 e. The van der Waals surface area contributed by atoms with Crippen molar-refractivity contribution in [3.8, 4) is 0 Å². The molecule has 78 valence electrons. The second-order valence-electron chi connectivity index (χ2n) is 3.28. The Balaban J connectivity index is 2.60. The van der Waals surface area contributed by atoms with Crippen molar-refractivity contribution in [1.29, 1.82) is 0 Å². The Morgan fingerprint density at radius 3 is 2.60 bits per heavy atom. The number of nitrogens with two attached hydrogens (primary N) is 1. The summed E-state index contributed by atoms with van der Waals surface area (Å²) < 4.78 is 25.0. The van der Waals surface area contributed by atoms with Crippen molar-refractivity contribution < 1.29 is 8.78 Å². The normalized spacial score (nSPS) is 13.3. The minimum atomic E-state index is -2.56. The van der Waals surface area contributed by atoms with Gasteiger partial charge >= 0.3 is 0 Å². The number of halogens is 2. The van der Waals surface area contributed by atoms with Gasteiger partial charge in [-0.1, -0.05) is 18.2 Å². The molecule has 0 bridgehead atoms. The van der Waals surface area contributed by atoms with Gasteiger partial charge in [0, 0.05) is 11.6 Å². The summed E-state index contributed by atoms with van der Waals surface area (Å²) in [6.07, 6.45) is -1.06. The van der Waals surface area contributed by atoms with Crippen LogP contribution in [0.15, 0.2) is 36.5 Å². The zero-order valence-corrected chi connectivity index (χ0v) is 7.90. The van der Waals surface area contributed by atoms with E-state index in [1.807, 2.05) is 6.07 Å². The molecule has 0 spiro atoms. The van der Waals surface area contributed by atoms with Gasteiger partial charge in [-0.2, -0.15) is 0 Å². The fraction of sp³-hybridized carbons (Fsp3) is 0.182. The van der Waals surface area contributed by atoms with Crippen LogP contribution in [0.4, 0.5) is 8.78 Å². The Labute approximate surface area is 85.7 Å². The second kappa shape index (κ2) is 3.90. The number of pyridine rings is 1. The number of hydrogen-bond donors (Lipinski definition) is 1. The van der Waals surface area contributed by atoms with E-state index in [2.05, 4.69) is 4.98 Å². The number of benzene rings is 1. The van der Waals surface area contributed by atoms with Crippen LogP contribution in [0, 0.1) is 0 Å². The van der Waals surface area contributed by atoms with Gasteiger partial charge in [0.05, 0.1) is 11.6 Å². The molecule has 0 fully saturated rings. The molecule has 1 aromatic carbocycles. The van der Waals surface area contributed by atoms with Gasteiger partial charge in [-0.05, 0) is 17.7 Å². The van der Waals surface area contributed by atoms with Gasteiger partial charge in [0.2, 0.25) is 0 Å². The van der Waals surface area contributed by atoms with Crippen LogP contribution in [0.1, 0.15) is 11.6 Å². The van der Waals surface area contributed by atoms with E-state index in [-0.39, 0.29) is 0 Å². The molecular formula is C11H10F2N2. The van der Waals surface area contributed by atoms with E-state index in [1.165, 1.54) is 6.20 Å². The summed E-state index contributed by atoms with van der Waals surface area (Å²) in [4.78, 5) is 4.08. The fourth-order valence-electron chi connectivity index (χ4n) is 1.54. The molecule has 0 radical (unpaired) electrons. The van der Waals surface area contributed by atoms with Crippen molar-refractivity contribution in [2.75, 3.05) is 0 Å². The summed E-state index contributed by atoms with van der Waals surface area (Å²) >= 11 is 0. The third-order valence-electron chi connectivity index (χ3n) is 2.31. The highest BCUT2D eigenvalue weighted by molar-refractivity contribution is 5.82. The maximum atomic E-state index is 12.5. The van der Waals surface area contributed by atoms with Gasteiger partial charge in [-0.15, -0.1) is 0 Å². The van der Waals surface area contributed by atoms with E-state index < -0.39 is 12.5 Å². The van der Waals surface area contributed by atoms with E-state index >= 15 is 0 Å². The molecule has 4 heteroatoms. The van der Waals surface area contributed by atoms with E-state index in [0.29, 0.717) is 16.5 Å². The molecule has 1 atom stereocenters. The Hall–Kier alpha value is -1.55. The monoisotopic (exact) mass is 208 g/mol. The van der Waals surface area contributed by atoms with Crippen LogP contribution in [0.25, 0.3) is 10.9 Å². The molecule has 2 N–H and O–H groups in total. The van der Waals surface area contributed by atoms with Crippen LogP contribution in [-0.4, -0.2) is 11.4 Å². The van der Waals surface area contributed by atoms with Crippen LogP contribution >= 0.6 is 0 Å². The largest absolute Gasteiger partial charge is 0.319 e. The van der Waals surface area contributed by atoms with E-state index in [9.17, 15) is 8.78 Å². The molecule has 1 unspecified atom stereocenters. The molecule has 2 nitrogen and oxygen atoms in total. The van der Waals surface area contributed by atoms with Crippen LogP contribution in [0.2, 0.25) is 0 Å². The average Bonchev–Trinajstić information content (AvgIpc) is 2.27. The summed E-state index contributed by atoms with van der Waals surface area (Å²) in [7, 11) is 0. The van der Waals surface area contributed by atoms with Crippen molar-refractivity contribution in [2.45, 2.75) is 12.5 Å². The lowest BCUT2D eigenvalue weighted by molar-refractivity contribution is 0.117. The molecule has 0 saturated carbocycles. The van der Waals surface area contributed by atoms with Gasteiger partial charge in [0.15, 0.2) is 0 Å². The first-order valence-electron chi connectivity index (χ1n) is 4.57. The van der Waals surface area contributed by atoms with Gasteiger partial charge < -0.3 is 5.73 Å². The molecule has 0 aliphatic rings. The minimum Gasteiger partial charge on any atom is -0.319 e. The van der Waals surface area contributed by atoms with Crippen LogP contribution in [0.5, 0.6) is 0 Å². The summed E-state index contributed by atoms with van der Waals surface area (Å²) in [5.41, 5.74) is 6.55. The van der Waals surface area contributed by atoms with E-state index in [4.69, 9.17) is 5.73 Å². The summed E-state index contributed by atoms with van der Waals surface area (Å²) in [6, 6.07) is 7.41. The second-order valence-corrected chi connectivity index (χ2v) is 3.28. The summed E-state index contributed by atoms with van der Waals surface area (Å²) in [6.45, 7) is 0. The van der Waals surface area contributed by atoms with Crippen molar-refractivity contribution >= 4 is 10.9 Å². The standard InChI is InChI=1S/C11H10F2N2/c12-11(13)10(14)8-5-6-15-9-4-2-1-3-7(8)9/h1-6,10-11H,14H2. The van der Waals surface area contributed by atoms with E-state index in [1.54, 1.807) is 24.3 Å². The highest BCUT2D eigenvalue weighted by Crippen LogP contribution is 2.24. The lowest BCUT2D eigenvalue weighted by Crippen LogP contribution is -2.19. The lowest BCUT2D eigenvalue weighted by Gasteiger charge is -2.12. The SMILES string of the molecule is NC(c1ccnc2ccccc12)C(F)F. The smallest absolute Gasteiger partial charge is 0.257 e. The molecule has 2 rings (SSSR count). The predicted octanol–water partition coefficient (Wildman–Crippen LogP) is 2.50. The Morgan fingerprint density at radius 1 is 1.13 bits per heavy atom. The number of para-hydroxylation sites is 1. The van der Waals surface area contributed by atoms with Crippen LogP contribution < -0.4 is 5.73 Å². The van der Waals surface area contributed by atoms with Crippen LogP contribution in [0.3, 0.4) is 0 Å². The zero-order valence-electron chi connectivity index (χ0n) is 7.90. The van der Waals surface area contributed by atoms with E-state index in [0.717, 1.165) is 0 Å². The van der Waals surface area contributed by atoms with Gasteiger partial charge in [-0.25, -0.2) is 8.78 Å². The molecule has 0 aliphatic heterocycles. The molecular weight excluding hydrogens is 198 g/mol. The fourth-order valence-corrected chi connectivity index (χ4v) is 1.54. The zero-order chi connectivity index (χ0) is 10.8. The third kappa shape index (κ3) is 1.80. The number of fused-ring (bicyclic) bond motifs is 1. The first-order chi connectivity index (χ1) is 7.20. The van der Waals surface area contributed by atoms with Gasteiger partial charge in [0.1, 0.15) is 0 Å². The number of rotatable bonds is 2. The Morgan fingerprint density at radius 2 is 1.87 bits per heavy atom. The highest BCUT2D eigenvalue weighted by atomic mass is 19.3. The third-order valence-corrected chi connectivity index (χ3v) is 2.31. The number of aromatic nitrogens is 1.